The highest BCUT2D eigenvalue weighted by Gasteiger charge is 2.26. The second kappa shape index (κ2) is 8.58. The topological polar surface area (TPSA) is 67.9 Å². The molecule has 0 atom stereocenters. The van der Waals surface area contributed by atoms with Gasteiger partial charge in [-0.1, -0.05) is 24.6 Å². The number of carbonyl (C=O) groups excluding carboxylic acids is 2. The Morgan fingerprint density at radius 2 is 2.00 bits per heavy atom. The molecule has 0 aromatic heterocycles. The normalized spacial score (nSPS) is 13.0. The first-order chi connectivity index (χ1) is 13.1. The third kappa shape index (κ3) is 4.78. The van der Waals surface area contributed by atoms with E-state index in [0.717, 1.165) is 17.7 Å². The fourth-order valence-corrected chi connectivity index (χ4v) is 2.86. The molecule has 6 heteroatoms. The number of aryl methyl sites for hydroxylation is 1. The van der Waals surface area contributed by atoms with E-state index in [1.807, 2.05) is 38.1 Å². The van der Waals surface area contributed by atoms with Crippen LogP contribution in [-0.4, -0.2) is 31.6 Å². The summed E-state index contributed by atoms with van der Waals surface area (Å²) in [4.78, 5) is 25.8. The molecule has 2 aromatic rings. The smallest absolute Gasteiger partial charge is 0.265 e. The van der Waals surface area contributed by atoms with Gasteiger partial charge in [-0.2, -0.15) is 0 Å². The number of ether oxygens (including phenoxy) is 2. The molecule has 3 rings (SSSR count). The fourth-order valence-electron chi connectivity index (χ4n) is 2.86. The minimum absolute atomic E-state index is 0.000920. The van der Waals surface area contributed by atoms with Gasteiger partial charge in [-0.05, 0) is 43.7 Å². The lowest BCUT2D eigenvalue weighted by atomic mass is 10.2. The van der Waals surface area contributed by atoms with Gasteiger partial charge in [0.05, 0.1) is 12.2 Å². The molecule has 0 fully saturated rings. The standard InChI is InChI=1S/C21H24N2O4/c1-3-4-20(24)22-16-7-10-19-18(13-16)23(21(25)14-27-19)11-12-26-17-8-5-15(2)6-9-17/h5-10,13H,3-4,11-12,14H2,1-2H3,(H,22,24). The maximum absolute atomic E-state index is 12.3. The van der Waals surface area contributed by atoms with Gasteiger partial charge in [0.25, 0.3) is 5.91 Å². The van der Waals surface area contributed by atoms with Crippen molar-refractivity contribution < 1.29 is 19.1 Å². The molecule has 1 heterocycles. The molecule has 0 unspecified atom stereocenters. The third-order valence-corrected chi connectivity index (χ3v) is 4.27. The third-order valence-electron chi connectivity index (χ3n) is 4.27. The average Bonchev–Trinajstić information content (AvgIpc) is 2.65. The molecular weight excluding hydrogens is 344 g/mol. The minimum Gasteiger partial charge on any atom is -0.492 e. The second-order valence-corrected chi connectivity index (χ2v) is 6.48. The van der Waals surface area contributed by atoms with E-state index in [2.05, 4.69) is 5.32 Å². The predicted octanol–water partition coefficient (Wildman–Crippen LogP) is 3.54. The van der Waals surface area contributed by atoms with Crippen LogP contribution in [0, 0.1) is 6.92 Å². The van der Waals surface area contributed by atoms with Crippen LogP contribution in [0.3, 0.4) is 0 Å². The van der Waals surface area contributed by atoms with E-state index in [-0.39, 0.29) is 18.4 Å². The van der Waals surface area contributed by atoms with Crippen LogP contribution in [0.2, 0.25) is 0 Å². The van der Waals surface area contributed by atoms with E-state index < -0.39 is 0 Å². The largest absolute Gasteiger partial charge is 0.492 e. The van der Waals surface area contributed by atoms with E-state index in [4.69, 9.17) is 9.47 Å². The fraction of sp³-hybridized carbons (Fsp3) is 0.333. The van der Waals surface area contributed by atoms with E-state index in [1.165, 1.54) is 0 Å². The van der Waals surface area contributed by atoms with Gasteiger partial charge in [-0.25, -0.2) is 0 Å². The Bertz CT molecular complexity index is 817. The number of rotatable bonds is 7. The average molecular weight is 368 g/mol. The Labute approximate surface area is 159 Å². The first-order valence-electron chi connectivity index (χ1n) is 9.13. The molecule has 0 saturated carbocycles. The first-order valence-corrected chi connectivity index (χ1v) is 9.13. The number of amides is 2. The molecule has 2 amide bonds. The summed E-state index contributed by atoms with van der Waals surface area (Å²) in [5, 5.41) is 2.85. The molecule has 142 valence electrons. The number of anilines is 2. The Morgan fingerprint density at radius 1 is 1.22 bits per heavy atom. The van der Waals surface area contributed by atoms with Crippen LogP contribution in [-0.2, 0) is 9.59 Å². The lowest BCUT2D eigenvalue weighted by molar-refractivity contribution is -0.121. The van der Waals surface area contributed by atoms with Crippen molar-refractivity contribution in [3.8, 4) is 11.5 Å². The second-order valence-electron chi connectivity index (χ2n) is 6.48. The van der Waals surface area contributed by atoms with Gasteiger partial charge < -0.3 is 19.7 Å². The number of nitrogens with zero attached hydrogens (tertiary/aromatic N) is 1. The molecular formula is C21H24N2O4. The number of hydrogen-bond acceptors (Lipinski definition) is 4. The maximum Gasteiger partial charge on any atom is 0.265 e. The molecule has 0 aliphatic carbocycles. The van der Waals surface area contributed by atoms with Crippen molar-refractivity contribution >= 4 is 23.2 Å². The van der Waals surface area contributed by atoms with E-state index >= 15 is 0 Å². The van der Waals surface area contributed by atoms with Crippen molar-refractivity contribution in [2.45, 2.75) is 26.7 Å². The molecule has 0 saturated heterocycles. The molecule has 27 heavy (non-hydrogen) atoms. The number of nitrogens with one attached hydrogen (secondary N) is 1. The lowest BCUT2D eigenvalue weighted by Gasteiger charge is -2.29. The van der Waals surface area contributed by atoms with Crippen LogP contribution in [0.5, 0.6) is 11.5 Å². The van der Waals surface area contributed by atoms with E-state index in [1.54, 1.807) is 23.1 Å². The summed E-state index contributed by atoms with van der Waals surface area (Å²) in [6.45, 7) is 4.73. The highest BCUT2D eigenvalue weighted by atomic mass is 16.5. The predicted molar refractivity (Wildman–Crippen MR) is 105 cm³/mol. The molecule has 1 aliphatic heterocycles. The Kier molecular flexibility index (Phi) is 5.96. The molecule has 1 aliphatic rings. The number of benzene rings is 2. The van der Waals surface area contributed by atoms with Crippen LogP contribution in [0.25, 0.3) is 0 Å². The Balaban J connectivity index is 1.69. The van der Waals surface area contributed by atoms with Crippen LogP contribution >= 0.6 is 0 Å². The first kappa shape index (κ1) is 18.8. The van der Waals surface area contributed by atoms with Gasteiger partial charge in [0, 0.05) is 12.1 Å². The zero-order valence-corrected chi connectivity index (χ0v) is 15.7. The summed E-state index contributed by atoms with van der Waals surface area (Å²) in [5.74, 6) is 1.21. The summed E-state index contributed by atoms with van der Waals surface area (Å²) < 4.78 is 11.3. The van der Waals surface area contributed by atoms with Crippen LogP contribution < -0.4 is 19.7 Å². The lowest BCUT2D eigenvalue weighted by Crippen LogP contribution is -2.41. The Morgan fingerprint density at radius 3 is 2.74 bits per heavy atom. The summed E-state index contributed by atoms with van der Waals surface area (Å²) in [5.41, 5.74) is 2.46. The SMILES string of the molecule is CCCC(=O)Nc1ccc2c(c1)N(CCOc1ccc(C)cc1)C(=O)CO2. The van der Waals surface area contributed by atoms with E-state index in [9.17, 15) is 9.59 Å². The monoisotopic (exact) mass is 368 g/mol. The quantitative estimate of drug-likeness (QED) is 0.812. The molecule has 2 aromatic carbocycles. The summed E-state index contributed by atoms with van der Waals surface area (Å²) in [7, 11) is 0. The number of carbonyl (C=O) groups is 2. The highest BCUT2D eigenvalue weighted by molar-refractivity contribution is 5.99. The molecule has 0 radical (unpaired) electrons. The van der Waals surface area contributed by atoms with Gasteiger partial charge in [0.1, 0.15) is 18.1 Å². The van der Waals surface area contributed by atoms with Crippen molar-refractivity contribution in [1.82, 2.24) is 0 Å². The zero-order valence-electron chi connectivity index (χ0n) is 15.7. The van der Waals surface area contributed by atoms with Crippen molar-refractivity contribution in [2.75, 3.05) is 30.0 Å². The minimum atomic E-state index is -0.132. The van der Waals surface area contributed by atoms with Crippen molar-refractivity contribution in [3.05, 3.63) is 48.0 Å². The maximum atomic E-state index is 12.3. The van der Waals surface area contributed by atoms with Crippen molar-refractivity contribution in [3.63, 3.8) is 0 Å². The molecule has 1 N–H and O–H groups in total. The van der Waals surface area contributed by atoms with Crippen LogP contribution in [0.1, 0.15) is 25.3 Å². The van der Waals surface area contributed by atoms with Gasteiger partial charge in [0.15, 0.2) is 6.61 Å². The van der Waals surface area contributed by atoms with Crippen molar-refractivity contribution in [1.29, 1.82) is 0 Å². The van der Waals surface area contributed by atoms with E-state index in [0.29, 0.717) is 36.7 Å². The summed E-state index contributed by atoms with van der Waals surface area (Å²) in [6, 6.07) is 13.1. The molecule has 6 nitrogen and oxygen atoms in total. The molecule has 0 spiro atoms. The zero-order chi connectivity index (χ0) is 19.2. The van der Waals surface area contributed by atoms with Gasteiger partial charge in [0.2, 0.25) is 5.91 Å². The van der Waals surface area contributed by atoms with Crippen LogP contribution in [0.15, 0.2) is 42.5 Å². The number of hydrogen-bond donors (Lipinski definition) is 1. The van der Waals surface area contributed by atoms with Gasteiger partial charge >= 0.3 is 0 Å². The summed E-state index contributed by atoms with van der Waals surface area (Å²) >= 11 is 0. The van der Waals surface area contributed by atoms with Gasteiger partial charge in [-0.15, -0.1) is 0 Å². The van der Waals surface area contributed by atoms with Crippen molar-refractivity contribution in [2.24, 2.45) is 0 Å². The molecule has 0 bridgehead atoms. The van der Waals surface area contributed by atoms with Gasteiger partial charge in [-0.3, -0.25) is 9.59 Å². The van der Waals surface area contributed by atoms with Crippen LogP contribution in [0.4, 0.5) is 11.4 Å². The Hall–Kier alpha value is -3.02. The highest BCUT2D eigenvalue weighted by Crippen LogP contribution is 2.34. The summed E-state index contributed by atoms with van der Waals surface area (Å²) in [6.07, 6.45) is 1.24. The number of fused-ring (bicyclic) bond motifs is 1.